The van der Waals surface area contributed by atoms with Crippen LogP contribution in [0, 0.1) is 6.92 Å². The van der Waals surface area contributed by atoms with Gasteiger partial charge in [0.2, 0.25) is 0 Å². The summed E-state index contributed by atoms with van der Waals surface area (Å²) in [6.07, 6.45) is 2.53. The van der Waals surface area contributed by atoms with E-state index in [1.807, 2.05) is 12.3 Å². The van der Waals surface area contributed by atoms with Crippen molar-refractivity contribution in [3.63, 3.8) is 0 Å². The van der Waals surface area contributed by atoms with Crippen LogP contribution in [0.4, 0.5) is 0 Å². The van der Waals surface area contributed by atoms with Gasteiger partial charge in [0.15, 0.2) is 5.96 Å². The SMILES string of the molecule is Cc1nc(CN=C(N)NCC2CCCO2)cs1. The molecule has 0 radical (unpaired) electrons. The third-order valence-corrected chi connectivity index (χ3v) is 3.44. The van der Waals surface area contributed by atoms with E-state index in [4.69, 9.17) is 10.5 Å². The second kappa shape index (κ2) is 5.97. The molecule has 5 nitrogen and oxygen atoms in total. The van der Waals surface area contributed by atoms with Gasteiger partial charge in [-0.15, -0.1) is 11.3 Å². The Labute approximate surface area is 105 Å². The molecule has 1 aromatic heterocycles. The average molecular weight is 254 g/mol. The molecular formula is C11H18N4OS. The molecule has 1 unspecified atom stereocenters. The van der Waals surface area contributed by atoms with Gasteiger partial charge in [0, 0.05) is 18.5 Å². The van der Waals surface area contributed by atoms with Crippen LogP contribution in [0.2, 0.25) is 0 Å². The minimum atomic E-state index is 0.283. The van der Waals surface area contributed by atoms with Gasteiger partial charge in [-0.1, -0.05) is 0 Å². The standard InChI is InChI=1S/C11H18N4OS/c1-8-15-9(7-17-8)5-13-11(12)14-6-10-3-2-4-16-10/h7,10H,2-6H2,1H3,(H3,12,13,14). The van der Waals surface area contributed by atoms with Crippen molar-refractivity contribution in [2.45, 2.75) is 32.4 Å². The Morgan fingerprint density at radius 3 is 3.29 bits per heavy atom. The zero-order valence-corrected chi connectivity index (χ0v) is 10.8. The summed E-state index contributed by atoms with van der Waals surface area (Å²) in [5, 5.41) is 6.14. The largest absolute Gasteiger partial charge is 0.376 e. The highest BCUT2D eigenvalue weighted by Crippen LogP contribution is 2.10. The van der Waals surface area contributed by atoms with E-state index in [0.717, 1.165) is 36.7 Å². The van der Waals surface area contributed by atoms with Gasteiger partial charge < -0.3 is 15.8 Å². The lowest BCUT2D eigenvalue weighted by Gasteiger charge is -2.10. The van der Waals surface area contributed by atoms with E-state index in [-0.39, 0.29) is 6.10 Å². The summed E-state index contributed by atoms with van der Waals surface area (Å²) in [5.74, 6) is 0.464. The molecule has 1 aliphatic rings. The van der Waals surface area contributed by atoms with E-state index in [9.17, 15) is 0 Å². The van der Waals surface area contributed by atoms with Crippen molar-refractivity contribution in [3.05, 3.63) is 16.1 Å². The molecule has 0 aromatic carbocycles. The molecule has 2 rings (SSSR count). The number of hydrogen-bond donors (Lipinski definition) is 2. The van der Waals surface area contributed by atoms with Crippen LogP contribution in [0.1, 0.15) is 23.5 Å². The number of aliphatic imine (C=N–C) groups is 1. The number of aromatic nitrogens is 1. The van der Waals surface area contributed by atoms with Crippen LogP contribution in [0.5, 0.6) is 0 Å². The molecule has 1 aromatic rings. The summed E-state index contributed by atoms with van der Waals surface area (Å²) >= 11 is 1.63. The minimum Gasteiger partial charge on any atom is -0.376 e. The Morgan fingerprint density at radius 1 is 1.76 bits per heavy atom. The number of guanidine groups is 1. The summed E-state index contributed by atoms with van der Waals surface area (Å²) in [6.45, 7) is 4.12. The van der Waals surface area contributed by atoms with E-state index in [2.05, 4.69) is 15.3 Å². The van der Waals surface area contributed by atoms with E-state index in [1.165, 1.54) is 0 Å². The fraction of sp³-hybridized carbons (Fsp3) is 0.636. The van der Waals surface area contributed by atoms with E-state index in [0.29, 0.717) is 12.5 Å². The number of ether oxygens (including phenoxy) is 1. The maximum Gasteiger partial charge on any atom is 0.189 e. The molecule has 94 valence electrons. The van der Waals surface area contributed by atoms with Gasteiger partial charge in [0.25, 0.3) is 0 Å². The molecule has 0 saturated carbocycles. The summed E-state index contributed by atoms with van der Waals surface area (Å²) < 4.78 is 5.49. The van der Waals surface area contributed by atoms with Crippen molar-refractivity contribution in [3.8, 4) is 0 Å². The molecule has 1 atom stereocenters. The van der Waals surface area contributed by atoms with Crippen molar-refractivity contribution >= 4 is 17.3 Å². The lowest BCUT2D eigenvalue weighted by Crippen LogP contribution is -2.37. The number of thiazole rings is 1. The second-order valence-corrected chi connectivity index (χ2v) is 5.14. The lowest BCUT2D eigenvalue weighted by atomic mass is 10.2. The first kappa shape index (κ1) is 12.3. The quantitative estimate of drug-likeness (QED) is 0.622. The smallest absolute Gasteiger partial charge is 0.189 e. The highest BCUT2D eigenvalue weighted by Gasteiger charge is 2.14. The second-order valence-electron chi connectivity index (χ2n) is 4.08. The maximum absolute atomic E-state index is 5.77. The Morgan fingerprint density at radius 2 is 2.65 bits per heavy atom. The van der Waals surface area contributed by atoms with Gasteiger partial charge in [-0.3, -0.25) is 0 Å². The number of nitrogens with one attached hydrogen (secondary N) is 1. The Hall–Kier alpha value is -1.14. The van der Waals surface area contributed by atoms with Crippen LogP contribution in [-0.4, -0.2) is 30.2 Å². The number of rotatable bonds is 4. The van der Waals surface area contributed by atoms with Crippen LogP contribution in [0.15, 0.2) is 10.4 Å². The molecule has 1 aliphatic heterocycles. The molecule has 0 spiro atoms. The van der Waals surface area contributed by atoms with Crippen LogP contribution in [-0.2, 0) is 11.3 Å². The fourth-order valence-electron chi connectivity index (χ4n) is 1.73. The number of nitrogens with two attached hydrogens (primary N) is 1. The summed E-state index contributed by atoms with van der Waals surface area (Å²) in [6, 6.07) is 0. The first-order valence-electron chi connectivity index (χ1n) is 5.80. The lowest BCUT2D eigenvalue weighted by molar-refractivity contribution is 0.114. The van der Waals surface area contributed by atoms with Crippen LogP contribution in [0.3, 0.4) is 0 Å². The van der Waals surface area contributed by atoms with Crippen LogP contribution >= 0.6 is 11.3 Å². The average Bonchev–Trinajstić information content (AvgIpc) is 2.95. The van der Waals surface area contributed by atoms with E-state index in [1.54, 1.807) is 11.3 Å². The molecule has 0 amide bonds. The third-order valence-electron chi connectivity index (χ3n) is 2.61. The van der Waals surface area contributed by atoms with Crippen LogP contribution < -0.4 is 11.1 Å². The summed E-state index contributed by atoms with van der Waals surface area (Å²) in [7, 11) is 0. The first-order valence-corrected chi connectivity index (χ1v) is 6.68. The monoisotopic (exact) mass is 254 g/mol. The molecule has 1 saturated heterocycles. The van der Waals surface area contributed by atoms with Gasteiger partial charge >= 0.3 is 0 Å². The van der Waals surface area contributed by atoms with Gasteiger partial charge in [0.05, 0.1) is 23.4 Å². The zero-order valence-electron chi connectivity index (χ0n) is 9.98. The molecule has 3 N–H and O–H groups in total. The molecule has 17 heavy (non-hydrogen) atoms. The van der Waals surface area contributed by atoms with Gasteiger partial charge in [-0.05, 0) is 19.8 Å². The van der Waals surface area contributed by atoms with E-state index < -0.39 is 0 Å². The Bertz CT molecular complexity index is 385. The predicted molar refractivity (Wildman–Crippen MR) is 69.2 cm³/mol. The van der Waals surface area contributed by atoms with Gasteiger partial charge in [0.1, 0.15) is 0 Å². The highest BCUT2D eigenvalue weighted by atomic mass is 32.1. The molecular weight excluding hydrogens is 236 g/mol. The first-order chi connectivity index (χ1) is 8.24. The Kier molecular flexibility index (Phi) is 4.33. The molecule has 1 fully saturated rings. The number of nitrogens with zero attached hydrogens (tertiary/aromatic N) is 2. The van der Waals surface area contributed by atoms with E-state index >= 15 is 0 Å². The molecule has 6 heteroatoms. The number of hydrogen-bond acceptors (Lipinski definition) is 4. The fourth-order valence-corrected chi connectivity index (χ4v) is 2.33. The third kappa shape index (κ3) is 3.98. The van der Waals surface area contributed by atoms with Crippen molar-refractivity contribution in [2.24, 2.45) is 10.7 Å². The van der Waals surface area contributed by atoms with Crippen LogP contribution in [0.25, 0.3) is 0 Å². The van der Waals surface area contributed by atoms with Gasteiger partial charge in [-0.2, -0.15) is 0 Å². The molecule has 0 aliphatic carbocycles. The van der Waals surface area contributed by atoms with Crippen molar-refractivity contribution in [1.82, 2.24) is 10.3 Å². The minimum absolute atomic E-state index is 0.283. The number of aryl methyl sites for hydroxylation is 1. The van der Waals surface area contributed by atoms with Crippen molar-refractivity contribution < 1.29 is 4.74 Å². The van der Waals surface area contributed by atoms with Crippen molar-refractivity contribution in [2.75, 3.05) is 13.2 Å². The molecule has 2 heterocycles. The van der Waals surface area contributed by atoms with Gasteiger partial charge in [-0.25, -0.2) is 9.98 Å². The van der Waals surface area contributed by atoms with Crippen molar-refractivity contribution in [1.29, 1.82) is 0 Å². The zero-order chi connectivity index (χ0) is 12.1. The predicted octanol–water partition coefficient (Wildman–Crippen LogP) is 1.03. The normalized spacial score (nSPS) is 20.8. The summed E-state index contributed by atoms with van der Waals surface area (Å²) in [4.78, 5) is 8.56. The Balaban J connectivity index is 1.73. The highest BCUT2D eigenvalue weighted by molar-refractivity contribution is 7.09. The molecule has 0 bridgehead atoms. The topological polar surface area (TPSA) is 72.5 Å². The maximum atomic E-state index is 5.77. The summed E-state index contributed by atoms with van der Waals surface area (Å²) in [5.41, 5.74) is 6.73.